The van der Waals surface area contributed by atoms with Gasteiger partial charge in [0.1, 0.15) is 5.75 Å². The van der Waals surface area contributed by atoms with Crippen LogP contribution in [-0.2, 0) is 9.59 Å². The third kappa shape index (κ3) is 4.14. The minimum absolute atomic E-state index is 0.0886. The minimum atomic E-state index is -0.458. The second-order valence-corrected chi connectivity index (χ2v) is 6.79. The monoisotopic (exact) mass is 388 g/mol. The first kappa shape index (κ1) is 19.8. The van der Waals surface area contributed by atoms with E-state index in [2.05, 4.69) is 10.6 Å². The molecule has 4 N–H and O–H groups in total. The van der Waals surface area contributed by atoms with Gasteiger partial charge in [-0.15, -0.1) is 0 Å². The van der Waals surface area contributed by atoms with Crippen molar-refractivity contribution in [3.05, 3.63) is 29.3 Å². The van der Waals surface area contributed by atoms with Crippen LogP contribution in [0.4, 0.5) is 0 Å². The summed E-state index contributed by atoms with van der Waals surface area (Å²) >= 11 is 0. The highest BCUT2D eigenvalue weighted by molar-refractivity contribution is 6.23. The van der Waals surface area contributed by atoms with Crippen molar-refractivity contribution in [2.24, 2.45) is 5.73 Å². The molecule has 1 aromatic rings. The Morgan fingerprint density at radius 2 is 2.07 bits per heavy atom. The van der Waals surface area contributed by atoms with Gasteiger partial charge in [-0.2, -0.15) is 0 Å². The normalized spacial score (nSPS) is 18.7. The molecule has 0 radical (unpaired) electrons. The summed E-state index contributed by atoms with van der Waals surface area (Å²) < 4.78 is 5.53. The molecule has 3 rings (SSSR count). The maximum absolute atomic E-state index is 12.9. The summed E-state index contributed by atoms with van der Waals surface area (Å²) in [5.41, 5.74) is 5.83. The highest BCUT2D eigenvalue weighted by Crippen LogP contribution is 2.33. The summed E-state index contributed by atoms with van der Waals surface area (Å²) in [4.78, 5) is 50.1. The Hall–Kier alpha value is -2.94. The molecular formula is C19H24N4O5. The Kier molecular flexibility index (Phi) is 6.25. The van der Waals surface area contributed by atoms with E-state index in [1.807, 2.05) is 0 Å². The maximum atomic E-state index is 12.9. The Labute approximate surface area is 162 Å². The Balaban J connectivity index is 1.66. The van der Waals surface area contributed by atoms with Gasteiger partial charge >= 0.3 is 0 Å². The van der Waals surface area contributed by atoms with Gasteiger partial charge in [-0.1, -0.05) is 6.07 Å². The van der Waals surface area contributed by atoms with Gasteiger partial charge in [0.25, 0.3) is 17.7 Å². The second kappa shape index (κ2) is 8.83. The fourth-order valence-electron chi connectivity index (χ4n) is 3.36. The maximum Gasteiger partial charge on any atom is 0.265 e. The number of amides is 4. The number of hydrogen-bond donors (Lipinski definition) is 3. The van der Waals surface area contributed by atoms with Gasteiger partial charge in [0.15, 0.2) is 6.61 Å². The van der Waals surface area contributed by atoms with Crippen molar-refractivity contribution < 1.29 is 23.9 Å². The standard InChI is InChI=1S/C19H24N4O5/c20-8-1-2-9-21-16(25)11-28-14-5-3-4-13-17(14)19(27)23(18(13)26)12-6-7-15(24)22-10-12/h3-5,12H,1-2,6-11,20H2,(H,21,25)(H,22,24). The molecule has 150 valence electrons. The highest BCUT2D eigenvalue weighted by Gasteiger charge is 2.42. The third-order valence-corrected chi connectivity index (χ3v) is 4.82. The number of fused-ring (bicyclic) bond motifs is 1. The van der Waals surface area contributed by atoms with Crippen molar-refractivity contribution in [1.29, 1.82) is 0 Å². The van der Waals surface area contributed by atoms with Crippen LogP contribution in [-0.4, -0.2) is 60.8 Å². The number of unbranched alkanes of at least 4 members (excludes halogenated alkanes) is 1. The van der Waals surface area contributed by atoms with E-state index in [0.717, 1.165) is 12.8 Å². The topological polar surface area (TPSA) is 131 Å². The molecule has 28 heavy (non-hydrogen) atoms. The molecule has 4 amide bonds. The molecule has 0 aromatic heterocycles. The fourth-order valence-corrected chi connectivity index (χ4v) is 3.36. The van der Waals surface area contributed by atoms with Gasteiger partial charge in [0, 0.05) is 19.5 Å². The molecule has 0 saturated carbocycles. The number of hydrogen-bond acceptors (Lipinski definition) is 6. The van der Waals surface area contributed by atoms with E-state index in [1.54, 1.807) is 18.2 Å². The van der Waals surface area contributed by atoms with Gasteiger partial charge in [0.05, 0.1) is 17.2 Å². The van der Waals surface area contributed by atoms with Crippen molar-refractivity contribution in [1.82, 2.24) is 15.5 Å². The number of carbonyl (C=O) groups is 4. The summed E-state index contributed by atoms with van der Waals surface area (Å²) in [6.45, 7) is 1.07. The van der Waals surface area contributed by atoms with Crippen LogP contribution < -0.4 is 21.1 Å². The molecule has 0 bridgehead atoms. The molecule has 2 aliphatic rings. The van der Waals surface area contributed by atoms with Gasteiger partial charge < -0.3 is 21.1 Å². The number of nitrogens with zero attached hydrogens (tertiary/aromatic N) is 1. The van der Waals surface area contributed by atoms with Crippen LogP contribution in [0.3, 0.4) is 0 Å². The van der Waals surface area contributed by atoms with Crippen molar-refractivity contribution in [2.45, 2.75) is 31.7 Å². The number of imide groups is 1. The molecule has 0 aliphatic carbocycles. The summed E-state index contributed by atoms with van der Waals surface area (Å²) in [7, 11) is 0. The van der Waals surface area contributed by atoms with Crippen LogP contribution in [0, 0.1) is 0 Å². The van der Waals surface area contributed by atoms with Crippen LogP contribution >= 0.6 is 0 Å². The second-order valence-electron chi connectivity index (χ2n) is 6.79. The van der Waals surface area contributed by atoms with E-state index in [9.17, 15) is 19.2 Å². The Bertz CT molecular complexity index is 785. The first-order valence-corrected chi connectivity index (χ1v) is 9.40. The molecule has 1 atom stereocenters. The molecule has 2 aliphatic heterocycles. The van der Waals surface area contributed by atoms with Crippen molar-refractivity contribution in [2.75, 3.05) is 26.2 Å². The first-order valence-electron chi connectivity index (χ1n) is 9.40. The number of rotatable bonds is 8. The molecule has 1 fully saturated rings. The smallest absolute Gasteiger partial charge is 0.265 e. The first-order chi connectivity index (χ1) is 13.5. The summed E-state index contributed by atoms with van der Waals surface area (Å²) in [6, 6.07) is 4.36. The average molecular weight is 388 g/mol. The molecule has 1 saturated heterocycles. The van der Waals surface area contributed by atoms with E-state index >= 15 is 0 Å². The van der Waals surface area contributed by atoms with Gasteiger partial charge in [0.2, 0.25) is 5.91 Å². The van der Waals surface area contributed by atoms with Gasteiger partial charge in [-0.25, -0.2) is 0 Å². The summed E-state index contributed by atoms with van der Waals surface area (Å²) in [6.07, 6.45) is 2.30. The zero-order valence-electron chi connectivity index (χ0n) is 15.5. The Morgan fingerprint density at radius 3 is 2.79 bits per heavy atom. The number of nitrogens with one attached hydrogen (secondary N) is 2. The summed E-state index contributed by atoms with van der Waals surface area (Å²) in [5.74, 6) is -1.05. The number of carbonyl (C=O) groups excluding carboxylic acids is 4. The lowest BCUT2D eigenvalue weighted by atomic mass is 10.1. The van der Waals surface area contributed by atoms with Crippen LogP contribution in [0.25, 0.3) is 0 Å². The van der Waals surface area contributed by atoms with E-state index in [1.165, 1.54) is 4.90 Å². The van der Waals surface area contributed by atoms with Crippen molar-refractivity contribution in [3.8, 4) is 5.75 Å². The van der Waals surface area contributed by atoms with E-state index < -0.39 is 11.8 Å². The van der Waals surface area contributed by atoms with E-state index in [4.69, 9.17) is 10.5 Å². The van der Waals surface area contributed by atoms with E-state index in [0.29, 0.717) is 19.5 Å². The average Bonchev–Trinajstić information content (AvgIpc) is 2.95. The predicted octanol–water partition coefficient (Wildman–Crippen LogP) is -0.205. The lowest BCUT2D eigenvalue weighted by Crippen LogP contribution is -2.50. The van der Waals surface area contributed by atoms with Crippen molar-refractivity contribution in [3.63, 3.8) is 0 Å². The number of nitrogens with two attached hydrogens (primary N) is 1. The van der Waals surface area contributed by atoms with Crippen molar-refractivity contribution >= 4 is 23.6 Å². The third-order valence-electron chi connectivity index (χ3n) is 4.82. The Morgan fingerprint density at radius 1 is 1.25 bits per heavy atom. The van der Waals surface area contributed by atoms with Crippen LogP contribution in [0.5, 0.6) is 5.75 Å². The zero-order valence-corrected chi connectivity index (χ0v) is 15.5. The zero-order chi connectivity index (χ0) is 20.1. The number of benzene rings is 1. The number of piperidine rings is 1. The fraction of sp³-hybridized carbons (Fsp3) is 0.474. The van der Waals surface area contributed by atoms with Gasteiger partial charge in [-0.3, -0.25) is 24.1 Å². The molecule has 9 nitrogen and oxygen atoms in total. The van der Waals surface area contributed by atoms with Crippen LogP contribution in [0.1, 0.15) is 46.4 Å². The largest absolute Gasteiger partial charge is 0.483 e. The van der Waals surface area contributed by atoms with E-state index in [-0.39, 0.29) is 54.3 Å². The highest BCUT2D eigenvalue weighted by atomic mass is 16.5. The lowest BCUT2D eigenvalue weighted by Gasteiger charge is -2.29. The summed E-state index contributed by atoms with van der Waals surface area (Å²) in [5, 5.41) is 5.40. The SMILES string of the molecule is NCCCCNC(=O)COc1cccc2c1C(=O)N(C1CCC(=O)NC1)C2=O. The molecule has 1 unspecified atom stereocenters. The molecule has 0 spiro atoms. The minimum Gasteiger partial charge on any atom is -0.483 e. The predicted molar refractivity (Wildman–Crippen MR) is 99.8 cm³/mol. The van der Waals surface area contributed by atoms with Gasteiger partial charge in [-0.05, 0) is 37.9 Å². The molecule has 9 heteroatoms. The van der Waals surface area contributed by atoms with Crippen LogP contribution in [0.2, 0.25) is 0 Å². The molecule has 2 heterocycles. The number of ether oxygens (including phenoxy) is 1. The lowest BCUT2D eigenvalue weighted by molar-refractivity contribution is -0.123. The molecule has 1 aromatic carbocycles. The quantitative estimate of drug-likeness (QED) is 0.417. The molecular weight excluding hydrogens is 364 g/mol. The van der Waals surface area contributed by atoms with Crippen LogP contribution in [0.15, 0.2) is 18.2 Å².